The third-order valence-electron chi connectivity index (χ3n) is 5.35. The highest BCUT2D eigenvalue weighted by Crippen LogP contribution is 2.26. The molecule has 5 heteroatoms. The van der Waals surface area contributed by atoms with Gasteiger partial charge in [0.15, 0.2) is 0 Å². The van der Waals surface area contributed by atoms with Gasteiger partial charge in [-0.2, -0.15) is 0 Å². The van der Waals surface area contributed by atoms with Crippen LogP contribution >= 0.6 is 0 Å². The number of piperidine rings is 1. The molecule has 144 valence electrons. The molecule has 0 spiro atoms. The fourth-order valence-electron chi connectivity index (χ4n) is 3.69. The van der Waals surface area contributed by atoms with Crippen LogP contribution in [0.15, 0.2) is 54.6 Å². The molecule has 1 saturated heterocycles. The lowest BCUT2D eigenvalue weighted by molar-refractivity contribution is -0.0259. The van der Waals surface area contributed by atoms with Gasteiger partial charge in [-0.1, -0.05) is 30.3 Å². The number of rotatable bonds is 7. The van der Waals surface area contributed by atoms with Crippen LogP contribution in [-0.4, -0.2) is 40.9 Å². The Morgan fingerprint density at radius 1 is 1.07 bits per heavy atom. The van der Waals surface area contributed by atoms with Gasteiger partial charge >= 0.3 is 0 Å². The normalized spacial score (nSPS) is 17.2. The summed E-state index contributed by atoms with van der Waals surface area (Å²) in [5, 5.41) is 26.9. The Morgan fingerprint density at radius 3 is 2.41 bits per heavy atom. The number of amides is 1. The Bertz CT molecular complexity index is 725. The second-order valence-electron chi connectivity index (χ2n) is 7.30. The van der Waals surface area contributed by atoms with Gasteiger partial charge in [-0.15, -0.1) is 0 Å². The van der Waals surface area contributed by atoms with Crippen LogP contribution in [0.25, 0.3) is 0 Å². The molecule has 27 heavy (non-hydrogen) atoms. The summed E-state index contributed by atoms with van der Waals surface area (Å²) >= 11 is 0. The quantitative estimate of drug-likeness (QED) is 0.606. The average molecular weight is 368 g/mol. The molecule has 0 saturated carbocycles. The first kappa shape index (κ1) is 19.4. The van der Waals surface area contributed by atoms with Gasteiger partial charge in [-0.3, -0.25) is 4.79 Å². The molecule has 1 unspecified atom stereocenters. The van der Waals surface area contributed by atoms with E-state index in [0.717, 1.165) is 32.4 Å². The van der Waals surface area contributed by atoms with E-state index in [-0.39, 0.29) is 17.7 Å². The van der Waals surface area contributed by atoms with Crippen molar-refractivity contribution in [3.05, 3.63) is 65.7 Å². The fourth-order valence-corrected chi connectivity index (χ4v) is 3.69. The third-order valence-corrected chi connectivity index (χ3v) is 5.35. The monoisotopic (exact) mass is 368 g/mol. The van der Waals surface area contributed by atoms with Gasteiger partial charge in [0.1, 0.15) is 5.75 Å². The van der Waals surface area contributed by atoms with Crippen LogP contribution in [0.4, 0.5) is 0 Å². The van der Waals surface area contributed by atoms with Crippen LogP contribution in [0.3, 0.4) is 0 Å². The number of aromatic hydroxyl groups is 1. The smallest absolute Gasteiger partial charge is 0.251 e. The summed E-state index contributed by atoms with van der Waals surface area (Å²) in [4.78, 5) is 12.7. The molecule has 1 fully saturated rings. The topological polar surface area (TPSA) is 81.6 Å². The van der Waals surface area contributed by atoms with Crippen molar-refractivity contribution in [1.29, 1.82) is 0 Å². The minimum atomic E-state index is -0.894. The standard InChI is InChI=1S/C22H28N2O3/c25-19-11-9-18(10-12-19)21(26)24-20(22(27)13-15-23-16-14-22)8-4-7-17-5-2-1-3-6-17/h1-3,5-6,9-12,20,23,25,27H,4,7-8,13-16H2,(H,24,26). The molecule has 2 aromatic rings. The lowest BCUT2D eigenvalue weighted by atomic mass is 9.82. The molecule has 2 aromatic carbocycles. The van der Waals surface area contributed by atoms with Crippen molar-refractivity contribution in [2.75, 3.05) is 13.1 Å². The number of hydrogen-bond donors (Lipinski definition) is 4. The molecule has 0 aromatic heterocycles. The molecule has 0 bridgehead atoms. The number of hydrogen-bond acceptors (Lipinski definition) is 4. The minimum absolute atomic E-state index is 0.128. The summed E-state index contributed by atoms with van der Waals surface area (Å²) in [6, 6.07) is 16.1. The van der Waals surface area contributed by atoms with Gasteiger partial charge in [-0.25, -0.2) is 0 Å². The number of aliphatic hydroxyl groups is 1. The van der Waals surface area contributed by atoms with E-state index in [2.05, 4.69) is 22.8 Å². The maximum Gasteiger partial charge on any atom is 0.251 e. The van der Waals surface area contributed by atoms with Gasteiger partial charge in [0, 0.05) is 5.56 Å². The fraction of sp³-hybridized carbons (Fsp3) is 0.409. The molecular formula is C22H28N2O3. The maximum absolute atomic E-state index is 12.7. The van der Waals surface area contributed by atoms with E-state index in [9.17, 15) is 15.0 Å². The first-order valence-electron chi connectivity index (χ1n) is 9.64. The lowest BCUT2D eigenvalue weighted by Gasteiger charge is -2.40. The molecule has 1 aliphatic rings. The Labute approximate surface area is 160 Å². The first-order valence-corrected chi connectivity index (χ1v) is 9.64. The zero-order valence-electron chi connectivity index (χ0n) is 15.5. The van der Waals surface area contributed by atoms with Crippen LogP contribution in [-0.2, 0) is 6.42 Å². The van der Waals surface area contributed by atoms with Crippen LogP contribution in [0.1, 0.15) is 41.6 Å². The number of aryl methyl sites for hydroxylation is 1. The van der Waals surface area contributed by atoms with Crippen molar-refractivity contribution in [2.45, 2.75) is 43.7 Å². The van der Waals surface area contributed by atoms with Crippen molar-refractivity contribution in [3.8, 4) is 5.75 Å². The van der Waals surface area contributed by atoms with E-state index < -0.39 is 5.60 Å². The molecule has 4 N–H and O–H groups in total. The van der Waals surface area contributed by atoms with Gasteiger partial charge in [-0.05, 0) is 75.0 Å². The van der Waals surface area contributed by atoms with Crippen molar-refractivity contribution >= 4 is 5.91 Å². The van der Waals surface area contributed by atoms with E-state index in [1.807, 2.05) is 18.2 Å². The zero-order valence-corrected chi connectivity index (χ0v) is 15.5. The van der Waals surface area contributed by atoms with Crippen molar-refractivity contribution < 1.29 is 15.0 Å². The van der Waals surface area contributed by atoms with E-state index in [0.29, 0.717) is 18.4 Å². The largest absolute Gasteiger partial charge is 0.508 e. The predicted molar refractivity (Wildman–Crippen MR) is 106 cm³/mol. The molecule has 1 heterocycles. The van der Waals surface area contributed by atoms with E-state index in [1.165, 1.54) is 17.7 Å². The zero-order chi connectivity index (χ0) is 19.1. The van der Waals surface area contributed by atoms with Gasteiger partial charge in [0.2, 0.25) is 0 Å². The lowest BCUT2D eigenvalue weighted by Crippen LogP contribution is -2.57. The van der Waals surface area contributed by atoms with Crippen LogP contribution in [0, 0.1) is 0 Å². The number of nitrogens with one attached hydrogen (secondary N) is 2. The second kappa shape index (κ2) is 9.02. The van der Waals surface area contributed by atoms with Crippen molar-refractivity contribution in [2.24, 2.45) is 0 Å². The average Bonchev–Trinajstić information content (AvgIpc) is 2.69. The highest BCUT2D eigenvalue weighted by molar-refractivity contribution is 5.94. The van der Waals surface area contributed by atoms with E-state index in [1.54, 1.807) is 12.1 Å². The summed E-state index contributed by atoms with van der Waals surface area (Å²) in [5.74, 6) is -0.0883. The Hall–Kier alpha value is -2.37. The van der Waals surface area contributed by atoms with Crippen molar-refractivity contribution in [3.63, 3.8) is 0 Å². The van der Waals surface area contributed by atoms with Gasteiger partial charge in [0.05, 0.1) is 11.6 Å². The summed E-state index contributed by atoms with van der Waals surface area (Å²) < 4.78 is 0. The maximum atomic E-state index is 12.7. The molecule has 0 aliphatic carbocycles. The second-order valence-corrected chi connectivity index (χ2v) is 7.30. The number of phenolic OH excluding ortho intramolecular Hbond substituents is 1. The molecular weight excluding hydrogens is 340 g/mol. The van der Waals surface area contributed by atoms with Crippen LogP contribution in [0.5, 0.6) is 5.75 Å². The summed E-state index contributed by atoms with van der Waals surface area (Å²) in [6.07, 6.45) is 3.77. The minimum Gasteiger partial charge on any atom is -0.508 e. The summed E-state index contributed by atoms with van der Waals surface area (Å²) in [6.45, 7) is 1.50. The summed E-state index contributed by atoms with van der Waals surface area (Å²) in [5.41, 5.74) is 0.853. The Morgan fingerprint density at radius 2 is 1.74 bits per heavy atom. The highest BCUT2D eigenvalue weighted by Gasteiger charge is 2.38. The van der Waals surface area contributed by atoms with Gasteiger partial charge in [0.25, 0.3) is 5.91 Å². The first-order chi connectivity index (χ1) is 13.1. The molecule has 1 amide bonds. The van der Waals surface area contributed by atoms with Crippen molar-refractivity contribution in [1.82, 2.24) is 10.6 Å². The number of benzene rings is 2. The van der Waals surface area contributed by atoms with Crippen LogP contribution in [0.2, 0.25) is 0 Å². The molecule has 0 radical (unpaired) electrons. The highest BCUT2D eigenvalue weighted by atomic mass is 16.3. The van der Waals surface area contributed by atoms with Gasteiger partial charge < -0.3 is 20.8 Å². The van der Waals surface area contributed by atoms with Crippen LogP contribution < -0.4 is 10.6 Å². The summed E-state index contributed by atoms with van der Waals surface area (Å²) in [7, 11) is 0. The Kier molecular flexibility index (Phi) is 6.48. The molecule has 5 nitrogen and oxygen atoms in total. The molecule has 1 atom stereocenters. The Balaban J connectivity index is 1.67. The third kappa shape index (κ3) is 5.31. The molecule has 1 aliphatic heterocycles. The number of phenols is 1. The predicted octanol–water partition coefficient (Wildman–Crippen LogP) is 2.63. The SMILES string of the molecule is O=C(NC(CCCc1ccccc1)C1(O)CCNCC1)c1ccc(O)cc1. The van der Waals surface area contributed by atoms with E-state index >= 15 is 0 Å². The number of carbonyl (C=O) groups is 1. The van der Waals surface area contributed by atoms with E-state index in [4.69, 9.17) is 0 Å². The number of carbonyl (C=O) groups excluding carboxylic acids is 1. The molecule has 3 rings (SSSR count).